The van der Waals surface area contributed by atoms with Crippen molar-refractivity contribution in [2.75, 3.05) is 20.2 Å². The number of fused-ring (bicyclic) bond motifs is 2. The number of amides is 2. The van der Waals surface area contributed by atoms with Crippen LogP contribution in [0.3, 0.4) is 0 Å². The molecule has 0 radical (unpaired) electrons. The second-order valence-corrected chi connectivity index (χ2v) is 9.85. The molecule has 7 rings (SSSR count). The Kier molecular flexibility index (Phi) is 6.28. The van der Waals surface area contributed by atoms with Crippen LogP contribution in [0.15, 0.2) is 103 Å². The molecule has 1 saturated heterocycles. The van der Waals surface area contributed by atoms with Gasteiger partial charge >= 0.3 is 6.09 Å². The first-order valence-electron chi connectivity index (χ1n) is 13.3. The highest BCUT2D eigenvalue weighted by Crippen LogP contribution is 2.40. The molecule has 3 heterocycles. The van der Waals surface area contributed by atoms with Crippen LogP contribution in [0.4, 0.5) is 4.79 Å². The molecule has 0 spiro atoms. The summed E-state index contributed by atoms with van der Waals surface area (Å²) >= 11 is 0. The molecule has 8 nitrogen and oxygen atoms in total. The molecule has 204 valence electrons. The molecule has 4 aromatic rings. The molecule has 0 aliphatic carbocycles. The fraction of sp³-hybridized carbons (Fsp3) is 0.152. The fourth-order valence-corrected chi connectivity index (χ4v) is 5.55. The number of benzene rings is 4. The average molecular weight is 548 g/mol. The zero-order valence-electron chi connectivity index (χ0n) is 21.9. The number of carbonyl (C=O) groups is 2. The van der Waals surface area contributed by atoms with Gasteiger partial charge in [0.2, 0.25) is 13.6 Å². The Bertz CT molecular complexity index is 1550. The minimum Gasteiger partial charge on any atom is -0.454 e. The van der Waals surface area contributed by atoms with E-state index in [0.29, 0.717) is 39.7 Å². The van der Waals surface area contributed by atoms with Crippen molar-refractivity contribution in [1.82, 2.24) is 4.90 Å². The number of ether oxygens (including phenoxy) is 5. The number of hydrogen-bond acceptors (Lipinski definition) is 7. The monoisotopic (exact) mass is 547 g/mol. The Hall–Kier alpha value is -5.24. The number of imide groups is 1. The van der Waals surface area contributed by atoms with E-state index in [9.17, 15) is 9.59 Å². The van der Waals surface area contributed by atoms with Crippen molar-refractivity contribution in [3.05, 3.63) is 125 Å². The zero-order valence-corrected chi connectivity index (χ0v) is 21.9. The number of rotatable bonds is 6. The maximum absolute atomic E-state index is 14.1. The number of carbonyl (C=O) groups excluding carboxylic acids is 2. The quantitative estimate of drug-likeness (QED) is 0.284. The summed E-state index contributed by atoms with van der Waals surface area (Å²) in [5, 5.41) is 0. The van der Waals surface area contributed by atoms with Crippen molar-refractivity contribution in [2.24, 2.45) is 0 Å². The summed E-state index contributed by atoms with van der Waals surface area (Å²) in [6.07, 6.45) is 0.797. The predicted molar refractivity (Wildman–Crippen MR) is 149 cm³/mol. The first-order valence-corrected chi connectivity index (χ1v) is 13.3. The summed E-state index contributed by atoms with van der Waals surface area (Å²) in [6.45, 7) is 0.334. The van der Waals surface area contributed by atoms with E-state index >= 15 is 0 Å². The van der Waals surface area contributed by atoms with E-state index < -0.39 is 18.0 Å². The average Bonchev–Trinajstić information content (AvgIpc) is 3.76. The highest BCUT2D eigenvalue weighted by molar-refractivity contribution is 6.06. The highest BCUT2D eigenvalue weighted by atomic mass is 16.7. The van der Waals surface area contributed by atoms with Crippen LogP contribution < -0.4 is 18.9 Å². The molecule has 0 bridgehead atoms. The molecule has 1 fully saturated rings. The maximum atomic E-state index is 14.1. The molecule has 3 aliphatic rings. The normalized spacial score (nSPS) is 16.6. The Morgan fingerprint density at radius 3 is 1.73 bits per heavy atom. The van der Waals surface area contributed by atoms with Gasteiger partial charge in [0.05, 0.1) is 6.04 Å². The van der Waals surface area contributed by atoms with Crippen LogP contribution >= 0.6 is 0 Å². The fourth-order valence-electron chi connectivity index (χ4n) is 5.55. The predicted octanol–water partition coefficient (Wildman–Crippen LogP) is 5.76. The second kappa shape index (κ2) is 10.4. The van der Waals surface area contributed by atoms with Gasteiger partial charge < -0.3 is 23.7 Å². The van der Waals surface area contributed by atoms with Gasteiger partial charge in [0.25, 0.3) is 5.91 Å². The minimum atomic E-state index is -0.677. The summed E-state index contributed by atoms with van der Waals surface area (Å²) in [4.78, 5) is 28.5. The Balaban J connectivity index is 1.31. The van der Waals surface area contributed by atoms with E-state index in [1.807, 2.05) is 84.9 Å². The molecule has 4 aromatic carbocycles. The largest absolute Gasteiger partial charge is 0.454 e. The molecule has 2 amide bonds. The van der Waals surface area contributed by atoms with Gasteiger partial charge in [-0.15, -0.1) is 0 Å². The standard InChI is InChI=1S/C33H25NO7/c35-31(34-26(18-37-33(34)36)32(21-7-3-1-4-8-21)22-9-5-2-6-10-22)17-25(23-11-13-27-29(15-23)40-19-38-27)24-12-14-28-30(16-24)41-20-39-28/h1-17,26,32H,18-20H2/t26-/m0/s1. The SMILES string of the molecule is O=C(C=C(c1ccc2c(c1)OCO2)c1ccc2c(c1)OCO2)N1C(=O)OC[C@H]1C(c1ccccc1)c1ccccc1. The molecule has 0 N–H and O–H groups in total. The van der Waals surface area contributed by atoms with Gasteiger partial charge in [0.1, 0.15) is 6.61 Å². The van der Waals surface area contributed by atoms with Crippen molar-refractivity contribution < 1.29 is 33.3 Å². The van der Waals surface area contributed by atoms with Crippen LogP contribution in [-0.4, -0.2) is 43.1 Å². The summed E-state index contributed by atoms with van der Waals surface area (Å²) in [6, 6.07) is 30.1. The molecular formula is C33H25NO7. The van der Waals surface area contributed by atoms with Gasteiger partial charge in [-0.3, -0.25) is 4.79 Å². The van der Waals surface area contributed by atoms with Crippen LogP contribution in [0.25, 0.3) is 5.57 Å². The van der Waals surface area contributed by atoms with E-state index in [1.54, 1.807) is 12.1 Å². The molecule has 8 heteroatoms. The molecule has 41 heavy (non-hydrogen) atoms. The zero-order chi connectivity index (χ0) is 27.8. The van der Waals surface area contributed by atoms with Crippen molar-refractivity contribution in [3.8, 4) is 23.0 Å². The van der Waals surface area contributed by atoms with Gasteiger partial charge in [-0.1, -0.05) is 72.8 Å². The van der Waals surface area contributed by atoms with Crippen molar-refractivity contribution >= 4 is 17.6 Å². The first-order chi connectivity index (χ1) is 20.2. The van der Waals surface area contributed by atoms with Gasteiger partial charge in [-0.05, 0) is 52.1 Å². The summed E-state index contributed by atoms with van der Waals surface area (Å²) in [5.74, 6) is 1.64. The van der Waals surface area contributed by atoms with Crippen molar-refractivity contribution in [1.29, 1.82) is 0 Å². The smallest absolute Gasteiger partial charge is 0.417 e. The van der Waals surface area contributed by atoms with Crippen molar-refractivity contribution in [3.63, 3.8) is 0 Å². The van der Waals surface area contributed by atoms with E-state index in [4.69, 9.17) is 23.7 Å². The number of hydrogen-bond donors (Lipinski definition) is 0. The molecule has 3 aliphatic heterocycles. The third kappa shape index (κ3) is 4.63. The molecule has 1 atom stereocenters. The minimum absolute atomic E-state index is 0.0796. The molecular weight excluding hydrogens is 522 g/mol. The molecule has 0 saturated carbocycles. The van der Waals surface area contributed by atoms with Gasteiger partial charge in [0.15, 0.2) is 23.0 Å². The van der Waals surface area contributed by atoms with E-state index in [0.717, 1.165) is 11.1 Å². The van der Waals surface area contributed by atoms with Gasteiger partial charge in [-0.2, -0.15) is 0 Å². The highest BCUT2D eigenvalue weighted by Gasteiger charge is 2.43. The number of nitrogens with zero attached hydrogens (tertiary/aromatic N) is 1. The van der Waals surface area contributed by atoms with Gasteiger partial charge in [-0.25, -0.2) is 9.69 Å². The van der Waals surface area contributed by atoms with Crippen LogP contribution in [-0.2, 0) is 9.53 Å². The third-order valence-corrected chi connectivity index (χ3v) is 7.48. The van der Waals surface area contributed by atoms with Crippen molar-refractivity contribution in [2.45, 2.75) is 12.0 Å². The number of cyclic esters (lactones) is 1. The van der Waals surface area contributed by atoms with E-state index in [1.165, 1.54) is 11.0 Å². The maximum Gasteiger partial charge on any atom is 0.417 e. The van der Waals surface area contributed by atoms with E-state index in [-0.39, 0.29) is 26.1 Å². The summed E-state index contributed by atoms with van der Waals surface area (Å²) < 4.78 is 27.7. The lowest BCUT2D eigenvalue weighted by Crippen LogP contribution is -2.42. The Morgan fingerprint density at radius 1 is 0.683 bits per heavy atom. The van der Waals surface area contributed by atoms with Crippen LogP contribution in [0.5, 0.6) is 23.0 Å². The Morgan fingerprint density at radius 2 is 1.20 bits per heavy atom. The molecule has 0 unspecified atom stereocenters. The Labute approximate surface area is 236 Å². The van der Waals surface area contributed by atoms with E-state index in [2.05, 4.69) is 0 Å². The first kappa shape index (κ1) is 24.8. The summed E-state index contributed by atoms with van der Waals surface area (Å²) in [7, 11) is 0. The topological polar surface area (TPSA) is 83.5 Å². The summed E-state index contributed by atoms with van der Waals surface area (Å²) in [5.41, 5.74) is 3.98. The second-order valence-electron chi connectivity index (χ2n) is 9.85. The lowest BCUT2D eigenvalue weighted by atomic mass is 9.84. The third-order valence-electron chi connectivity index (χ3n) is 7.48. The molecule has 0 aromatic heterocycles. The van der Waals surface area contributed by atoms with Crippen LogP contribution in [0, 0.1) is 0 Å². The van der Waals surface area contributed by atoms with Gasteiger partial charge in [0, 0.05) is 12.0 Å². The van der Waals surface area contributed by atoms with Crippen LogP contribution in [0.2, 0.25) is 0 Å². The lowest BCUT2D eigenvalue weighted by Gasteiger charge is -2.28. The lowest BCUT2D eigenvalue weighted by molar-refractivity contribution is -0.124. The van der Waals surface area contributed by atoms with Crippen LogP contribution in [0.1, 0.15) is 28.2 Å².